The SMILES string of the molecule is C[C@H]1CN(c2ccc(-c3ccc(=O)[nH]n3)cc2C(F)(F)F)CCN1. The van der Waals surface area contributed by atoms with Crippen molar-refractivity contribution in [3.8, 4) is 11.3 Å². The first-order valence-electron chi connectivity index (χ1n) is 7.60. The molecule has 1 aliphatic rings. The smallest absolute Gasteiger partial charge is 0.368 e. The Bertz CT molecular complexity index is 767. The molecule has 0 spiro atoms. The van der Waals surface area contributed by atoms with Crippen molar-refractivity contribution in [2.45, 2.75) is 19.1 Å². The zero-order chi connectivity index (χ0) is 17.3. The number of H-pyrrole nitrogens is 1. The molecule has 0 unspecified atom stereocenters. The average Bonchev–Trinajstić information content (AvgIpc) is 2.54. The molecule has 1 saturated heterocycles. The summed E-state index contributed by atoms with van der Waals surface area (Å²) in [5, 5.41) is 9.25. The predicted molar refractivity (Wildman–Crippen MR) is 85.0 cm³/mol. The Labute approximate surface area is 136 Å². The number of rotatable bonds is 2. The molecule has 5 nitrogen and oxygen atoms in total. The number of benzene rings is 1. The summed E-state index contributed by atoms with van der Waals surface area (Å²) in [6, 6.07) is 6.92. The average molecular weight is 338 g/mol. The lowest BCUT2D eigenvalue weighted by Gasteiger charge is -2.35. The maximum Gasteiger partial charge on any atom is 0.418 e. The minimum absolute atomic E-state index is 0.125. The number of hydrogen-bond acceptors (Lipinski definition) is 4. The molecule has 0 amide bonds. The Kier molecular flexibility index (Phi) is 4.31. The number of aromatic amines is 1. The summed E-state index contributed by atoms with van der Waals surface area (Å²) in [6.45, 7) is 3.61. The van der Waals surface area contributed by atoms with E-state index in [1.54, 1.807) is 11.0 Å². The molecule has 1 aliphatic heterocycles. The van der Waals surface area contributed by atoms with Gasteiger partial charge in [-0.05, 0) is 25.1 Å². The molecule has 1 atom stereocenters. The van der Waals surface area contributed by atoms with Crippen molar-refractivity contribution in [1.82, 2.24) is 15.5 Å². The van der Waals surface area contributed by atoms with E-state index in [-0.39, 0.29) is 11.7 Å². The number of nitrogens with one attached hydrogen (secondary N) is 2. The molecule has 0 bridgehead atoms. The largest absolute Gasteiger partial charge is 0.418 e. The van der Waals surface area contributed by atoms with E-state index in [0.717, 1.165) is 6.07 Å². The zero-order valence-corrected chi connectivity index (χ0v) is 13.0. The second kappa shape index (κ2) is 6.27. The topological polar surface area (TPSA) is 61.0 Å². The number of aromatic nitrogens is 2. The van der Waals surface area contributed by atoms with Crippen LogP contribution < -0.4 is 15.8 Å². The third kappa shape index (κ3) is 3.43. The van der Waals surface area contributed by atoms with Crippen LogP contribution in [0.2, 0.25) is 0 Å². The quantitative estimate of drug-likeness (QED) is 0.882. The monoisotopic (exact) mass is 338 g/mol. The van der Waals surface area contributed by atoms with Crippen LogP contribution in [0.5, 0.6) is 0 Å². The summed E-state index contributed by atoms with van der Waals surface area (Å²) < 4.78 is 40.6. The molecule has 2 heterocycles. The van der Waals surface area contributed by atoms with Crippen LogP contribution in [0.4, 0.5) is 18.9 Å². The van der Waals surface area contributed by atoms with Gasteiger partial charge in [0, 0.05) is 43.0 Å². The minimum atomic E-state index is -4.47. The van der Waals surface area contributed by atoms with Crippen molar-refractivity contribution >= 4 is 5.69 Å². The fourth-order valence-electron chi connectivity index (χ4n) is 2.85. The normalized spacial score (nSPS) is 18.7. The van der Waals surface area contributed by atoms with E-state index < -0.39 is 17.3 Å². The first-order valence-corrected chi connectivity index (χ1v) is 7.60. The van der Waals surface area contributed by atoms with E-state index in [0.29, 0.717) is 30.9 Å². The summed E-state index contributed by atoms with van der Waals surface area (Å²) in [7, 11) is 0. The van der Waals surface area contributed by atoms with Gasteiger partial charge in [-0.1, -0.05) is 6.07 Å². The number of nitrogens with zero attached hydrogens (tertiary/aromatic N) is 2. The maximum absolute atomic E-state index is 13.5. The fraction of sp³-hybridized carbons (Fsp3) is 0.375. The molecule has 24 heavy (non-hydrogen) atoms. The van der Waals surface area contributed by atoms with Crippen molar-refractivity contribution in [2.24, 2.45) is 0 Å². The third-order valence-corrected chi connectivity index (χ3v) is 3.99. The molecular formula is C16H17F3N4O. The van der Waals surface area contributed by atoms with Crippen molar-refractivity contribution in [3.63, 3.8) is 0 Å². The summed E-state index contributed by atoms with van der Waals surface area (Å²) in [5.41, 5.74) is -0.321. The van der Waals surface area contributed by atoms with Crippen LogP contribution in [0.1, 0.15) is 12.5 Å². The molecule has 128 valence electrons. The van der Waals surface area contributed by atoms with Crippen molar-refractivity contribution < 1.29 is 13.2 Å². The molecule has 0 radical (unpaired) electrons. The third-order valence-electron chi connectivity index (χ3n) is 3.99. The minimum Gasteiger partial charge on any atom is -0.368 e. The zero-order valence-electron chi connectivity index (χ0n) is 13.0. The van der Waals surface area contributed by atoms with Gasteiger partial charge in [-0.3, -0.25) is 4.79 Å². The van der Waals surface area contributed by atoms with Gasteiger partial charge in [-0.2, -0.15) is 18.3 Å². The van der Waals surface area contributed by atoms with Crippen molar-refractivity contribution in [3.05, 3.63) is 46.2 Å². The molecule has 0 saturated carbocycles. The highest BCUT2D eigenvalue weighted by Crippen LogP contribution is 2.39. The number of halogens is 3. The van der Waals surface area contributed by atoms with Crippen LogP contribution in [0.25, 0.3) is 11.3 Å². The van der Waals surface area contributed by atoms with Gasteiger partial charge in [0.05, 0.1) is 11.3 Å². The van der Waals surface area contributed by atoms with Gasteiger partial charge < -0.3 is 10.2 Å². The number of alkyl halides is 3. The van der Waals surface area contributed by atoms with Crippen molar-refractivity contribution in [1.29, 1.82) is 0 Å². The molecule has 1 aromatic carbocycles. The lowest BCUT2D eigenvalue weighted by Crippen LogP contribution is -2.49. The van der Waals surface area contributed by atoms with Gasteiger partial charge in [0.2, 0.25) is 0 Å². The lowest BCUT2D eigenvalue weighted by atomic mass is 10.0. The first kappa shape index (κ1) is 16.5. The fourth-order valence-corrected chi connectivity index (χ4v) is 2.85. The summed E-state index contributed by atoms with van der Waals surface area (Å²) in [4.78, 5) is 12.8. The standard InChI is InChI=1S/C16H17F3N4O/c1-10-9-23(7-6-20-10)14-4-2-11(8-12(14)16(17,18)19)13-3-5-15(24)22-21-13/h2-5,8,10,20H,6-7,9H2,1H3,(H,22,24)/t10-/m0/s1. The molecule has 3 rings (SSSR count). The van der Waals surface area contributed by atoms with Gasteiger partial charge in [-0.15, -0.1) is 0 Å². The van der Waals surface area contributed by atoms with Crippen molar-refractivity contribution in [2.75, 3.05) is 24.5 Å². The number of anilines is 1. The van der Waals surface area contributed by atoms with Gasteiger partial charge in [0.1, 0.15) is 0 Å². The Morgan fingerprint density at radius 2 is 2.04 bits per heavy atom. The maximum atomic E-state index is 13.5. The van der Waals surface area contributed by atoms with Gasteiger partial charge >= 0.3 is 6.18 Å². The van der Waals surface area contributed by atoms with Gasteiger partial charge in [0.15, 0.2) is 0 Å². The van der Waals surface area contributed by atoms with Gasteiger partial charge in [-0.25, -0.2) is 5.10 Å². The number of hydrogen-bond donors (Lipinski definition) is 2. The second-order valence-corrected chi connectivity index (χ2v) is 5.84. The highest BCUT2D eigenvalue weighted by molar-refractivity contribution is 5.67. The highest BCUT2D eigenvalue weighted by atomic mass is 19.4. The van der Waals surface area contributed by atoms with E-state index in [1.807, 2.05) is 6.92 Å². The molecule has 8 heteroatoms. The first-order chi connectivity index (χ1) is 11.3. The van der Waals surface area contributed by atoms with E-state index in [4.69, 9.17) is 0 Å². The summed E-state index contributed by atoms with van der Waals surface area (Å²) in [6.07, 6.45) is -4.47. The Balaban J connectivity index is 2.04. The molecule has 2 N–H and O–H groups in total. The molecule has 0 aliphatic carbocycles. The Morgan fingerprint density at radius 3 is 2.67 bits per heavy atom. The molecule has 1 aromatic heterocycles. The molecule has 2 aromatic rings. The molecule has 1 fully saturated rings. The van der Waals surface area contributed by atoms with Crippen LogP contribution in [-0.2, 0) is 6.18 Å². The van der Waals surface area contributed by atoms with E-state index in [2.05, 4.69) is 15.5 Å². The summed E-state index contributed by atoms with van der Waals surface area (Å²) in [5.74, 6) is 0. The Hall–Kier alpha value is -2.35. The summed E-state index contributed by atoms with van der Waals surface area (Å²) >= 11 is 0. The van der Waals surface area contributed by atoms with Gasteiger partial charge in [0.25, 0.3) is 5.56 Å². The second-order valence-electron chi connectivity index (χ2n) is 5.84. The predicted octanol–water partition coefficient (Wildman–Crippen LogP) is 2.25. The lowest BCUT2D eigenvalue weighted by molar-refractivity contribution is -0.137. The van der Waals surface area contributed by atoms with E-state index in [1.165, 1.54) is 18.2 Å². The van der Waals surface area contributed by atoms with E-state index >= 15 is 0 Å². The van der Waals surface area contributed by atoms with Crippen LogP contribution in [0.15, 0.2) is 35.1 Å². The van der Waals surface area contributed by atoms with Crippen LogP contribution in [0, 0.1) is 0 Å². The van der Waals surface area contributed by atoms with Crippen LogP contribution >= 0.6 is 0 Å². The van der Waals surface area contributed by atoms with Crippen LogP contribution in [-0.4, -0.2) is 35.9 Å². The highest BCUT2D eigenvalue weighted by Gasteiger charge is 2.36. The van der Waals surface area contributed by atoms with Crippen LogP contribution in [0.3, 0.4) is 0 Å². The Morgan fingerprint density at radius 1 is 1.25 bits per heavy atom. The number of piperazine rings is 1. The van der Waals surface area contributed by atoms with E-state index in [9.17, 15) is 18.0 Å². The molecular weight excluding hydrogens is 321 g/mol.